The fraction of sp³-hybridized carbons (Fsp3) is 0.357. The van der Waals surface area contributed by atoms with Gasteiger partial charge in [-0.3, -0.25) is 0 Å². The maximum Gasteiger partial charge on any atom is 0.144 e. The van der Waals surface area contributed by atoms with Crippen LogP contribution >= 0.6 is 12.2 Å². The van der Waals surface area contributed by atoms with Gasteiger partial charge < -0.3 is 14.4 Å². The van der Waals surface area contributed by atoms with Gasteiger partial charge in [0, 0.05) is 13.1 Å². The van der Waals surface area contributed by atoms with Gasteiger partial charge >= 0.3 is 0 Å². The number of thiocarbonyl (C=S) groups is 1. The van der Waals surface area contributed by atoms with Crippen molar-refractivity contribution in [1.82, 2.24) is 19.9 Å². The van der Waals surface area contributed by atoms with Crippen molar-refractivity contribution in [3.05, 3.63) is 36.2 Å². The summed E-state index contributed by atoms with van der Waals surface area (Å²) in [6, 6.07) is 7.66. The van der Waals surface area contributed by atoms with Gasteiger partial charge in [0.1, 0.15) is 22.1 Å². The van der Waals surface area contributed by atoms with Crippen LogP contribution in [-0.2, 0) is 4.74 Å². The fourth-order valence-electron chi connectivity index (χ4n) is 2.23. The van der Waals surface area contributed by atoms with Gasteiger partial charge in [-0.25, -0.2) is 4.68 Å². The topological polar surface area (TPSA) is 52.4 Å². The van der Waals surface area contributed by atoms with Gasteiger partial charge in [-0.2, -0.15) is 0 Å². The standard InChI is InChI=1S/C14H16N4O2S/c1-19-13-5-3-2-4-12(13)18-10-11(15-16-18)14(21)17-6-8-20-9-7-17/h2-5,10H,6-9H2,1H3. The average Bonchev–Trinajstić information content (AvgIpc) is 3.04. The Morgan fingerprint density at radius 2 is 2.05 bits per heavy atom. The molecule has 1 aromatic carbocycles. The second-order valence-corrected chi connectivity index (χ2v) is 5.01. The lowest BCUT2D eigenvalue weighted by Crippen LogP contribution is -2.40. The van der Waals surface area contributed by atoms with Crippen molar-refractivity contribution < 1.29 is 9.47 Å². The number of benzene rings is 1. The number of rotatable bonds is 3. The molecule has 0 aliphatic carbocycles. The Bertz CT molecular complexity index is 637. The molecule has 7 heteroatoms. The molecule has 0 unspecified atom stereocenters. The van der Waals surface area contributed by atoms with Crippen molar-refractivity contribution >= 4 is 17.2 Å². The Balaban J connectivity index is 1.84. The highest BCUT2D eigenvalue weighted by Crippen LogP contribution is 2.21. The molecular weight excluding hydrogens is 288 g/mol. The minimum atomic E-state index is 0.692. The third-order valence-electron chi connectivity index (χ3n) is 3.34. The number of aromatic nitrogens is 3. The summed E-state index contributed by atoms with van der Waals surface area (Å²) in [5.41, 5.74) is 1.53. The summed E-state index contributed by atoms with van der Waals surface area (Å²) in [6.45, 7) is 2.97. The lowest BCUT2D eigenvalue weighted by molar-refractivity contribution is 0.0692. The van der Waals surface area contributed by atoms with Gasteiger partial charge in [0.05, 0.1) is 26.5 Å². The van der Waals surface area contributed by atoms with E-state index in [-0.39, 0.29) is 0 Å². The highest BCUT2D eigenvalue weighted by molar-refractivity contribution is 7.80. The average molecular weight is 304 g/mol. The van der Waals surface area contributed by atoms with Crippen LogP contribution in [0.15, 0.2) is 30.5 Å². The molecule has 1 aliphatic rings. The van der Waals surface area contributed by atoms with Gasteiger partial charge in [0.15, 0.2) is 0 Å². The molecule has 0 atom stereocenters. The Hall–Kier alpha value is -1.99. The summed E-state index contributed by atoms with van der Waals surface area (Å²) in [6.07, 6.45) is 1.83. The van der Waals surface area contributed by atoms with E-state index in [0.29, 0.717) is 23.9 Å². The number of hydrogen-bond donors (Lipinski definition) is 0. The highest BCUT2D eigenvalue weighted by atomic mass is 32.1. The Morgan fingerprint density at radius 3 is 2.81 bits per heavy atom. The lowest BCUT2D eigenvalue weighted by atomic mass is 10.3. The van der Waals surface area contributed by atoms with E-state index in [1.807, 2.05) is 30.5 Å². The summed E-state index contributed by atoms with van der Waals surface area (Å²) in [5.74, 6) is 0.742. The van der Waals surface area contributed by atoms with E-state index >= 15 is 0 Å². The van der Waals surface area contributed by atoms with Crippen molar-refractivity contribution in [3.8, 4) is 11.4 Å². The monoisotopic (exact) mass is 304 g/mol. The number of morpholine rings is 1. The summed E-state index contributed by atoms with van der Waals surface area (Å²) in [4.78, 5) is 2.80. The van der Waals surface area contributed by atoms with Gasteiger partial charge in [0.2, 0.25) is 0 Å². The van der Waals surface area contributed by atoms with Gasteiger partial charge in [0.25, 0.3) is 0 Å². The SMILES string of the molecule is COc1ccccc1-n1cc(C(=S)N2CCOCC2)nn1. The van der Waals surface area contributed by atoms with Crippen LogP contribution in [0.4, 0.5) is 0 Å². The lowest BCUT2D eigenvalue weighted by Gasteiger charge is -2.27. The van der Waals surface area contributed by atoms with Gasteiger partial charge in [-0.1, -0.05) is 29.6 Å². The quantitative estimate of drug-likeness (QED) is 0.796. The van der Waals surface area contributed by atoms with Crippen LogP contribution in [0.1, 0.15) is 5.69 Å². The van der Waals surface area contributed by atoms with Crippen LogP contribution in [0, 0.1) is 0 Å². The first-order valence-electron chi connectivity index (χ1n) is 6.72. The molecule has 21 heavy (non-hydrogen) atoms. The van der Waals surface area contributed by atoms with E-state index in [0.717, 1.165) is 24.5 Å². The first-order chi connectivity index (χ1) is 10.3. The number of hydrogen-bond acceptors (Lipinski definition) is 5. The third-order valence-corrected chi connectivity index (χ3v) is 3.81. The molecule has 1 fully saturated rings. The smallest absolute Gasteiger partial charge is 0.144 e. The molecular formula is C14H16N4O2S. The molecule has 3 rings (SSSR count). The summed E-state index contributed by atoms with van der Waals surface area (Å²) >= 11 is 5.49. The zero-order valence-electron chi connectivity index (χ0n) is 11.7. The van der Waals surface area contributed by atoms with Crippen LogP contribution in [-0.4, -0.2) is 58.3 Å². The molecule has 0 N–H and O–H groups in total. The zero-order chi connectivity index (χ0) is 14.7. The van der Waals surface area contributed by atoms with Crippen LogP contribution in [0.5, 0.6) is 5.75 Å². The second kappa shape index (κ2) is 6.19. The van der Waals surface area contributed by atoms with Crippen LogP contribution in [0.25, 0.3) is 5.69 Å². The van der Waals surface area contributed by atoms with Crippen molar-refractivity contribution in [1.29, 1.82) is 0 Å². The first kappa shape index (κ1) is 14.0. The Morgan fingerprint density at radius 1 is 1.29 bits per heavy atom. The Labute approximate surface area is 128 Å². The van der Waals surface area contributed by atoms with Crippen molar-refractivity contribution in [3.63, 3.8) is 0 Å². The highest BCUT2D eigenvalue weighted by Gasteiger charge is 2.18. The molecule has 2 heterocycles. The van der Waals surface area contributed by atoms with E-state index in [1.54, 1.807) is 11.8 Å². The molecule has 1 saturated heterocycles. The third kappa shape index (κ3) is 2.88. The maximum atomic E-state index is 5.49. The zero-order valence-corrected chi connectivity index (χ0v) is 12.5. The van der Waals surface area contributed by atoms with Gasteiger partial charge in [-0.05, 0) is 12.1 Å². The molecule has 0 bridgehead atoms. The number of methoxy groups -OCH3 is 1. The maximum absolute atomic E-state index is 5.49. The molecule has 2 aromatic rings. The number of para-hydroxylation sites is 2. The molecule has 0 spiro atoms. The molecule has 0 saturated carbocycles. The minimum Gasteiger partial charge on any atom is -0.494 e. The molecule has 1 aliphatic heterocycles. The van der Waals surface area contributed by atoms with Gasteiger partial charge in [-0.15, -0.1) is 5.10 Å². The van der Waals surface area contributed by atoms with E-state index in [2.05, 4.69) is 15.2 Å². The van der Waals surface area contributed by atoms with E-state index in [9.17, 15) is 0 Å². The summed E-state index contributed by atoms with van der Waals surface area (Å²) < 4.78 is 12.4. The molecule has 110 valence electrons. The summed E-state index contributed by atoms with van der Waals surface area (Å²) in [7, 11) is 1.63. The largest absolute Gasteiger partial charge is 0.494 e. The van der Waals surface area contributed by atoms with Crippen molar-refractivity contribution in [2.45, 2.75) is 0 Å². The number of ether oxygens (including phenoxy) is 2. The fourth-order valence-corrected chi connectivity index (χ4v) is 2.50. The molecule has 1 aromatic heterocycles. The van der Waals surface area contributed by atoms with E-state index < -0.39 is 0 Å². The van der Waals surface area contributed by atoms with Crippen LogP contribution < -0.4 is 4.74 Å². The molecule has 0 amide bonds. The normalized spacial score (nSPS) is 15.0. The van der Waals surface area contributed by atoms with E-state index in [4.69, 9.17) is 21.7 Å². The predicted molar refractivity (Wildman–Crippen MR) is 82.0 cm³/mol. The van der Waals surface area contributed by atoms with Crippen molar-refractivity contribution in [2.24, 2.45) is 0 Å². The molecule has 0 radical (unpaired) electrons. The minimum absolute atomic E-state index is 0.692. The summed E-state index contributed by atoms with van der Waals surface area (Å²) in [5, 5.41) is 8.33. The first-order valence-corrected chi connectivity index (χ1v) is 7.13. The van der Waals surface area contributed by atoms with Crippen LogP contribution in [0.3, 0.4) is 0 Å². The molecule has 6 nitrogen and oxygen atoms in total. The predicted octanol–water partition coefficient (Wildman–Crippen LogP) is 1.28. The van der Waals surface area contributed by atoms with E-state index in [1.165, 1.54) is 0 Å². The van der Waals surface area contributed by atoms with Crippen molar-refractivity contribution in [2.75, 3.05) is 33.4 Å². The van der Waals surface area contributed by atoms with Crippen LogP contribution in [0.2, 0.25) is 0 Å². The second-order valence-electron chi connectivity index (χ2n) is 4.62. The number of nitrogens with zero attached hydrogens (tertiary/aromatic N) is 4. The Kier molecular flexibility index (Phi) is 4.12.